The van der Waals surface area contributed by atoms with E-state index in [0.717, 1.165) is 0 Å². The van der Waals surface area contributed by atoms with E-state index in [1.54, 1.807) is 0 Å². The maximum absolute atomic E-state index is 9.60. The van der Waals surface area contributed by atoms with E-state index in [0.29, 0.717) is 0 Å². The van der Waals surface area contributed by atoms with Crippen molar-refractivity contribution < 1.29 is 17.3 Å². The van der Waals surface area contributed by atoms with E-state index in [9.17, 15) is 7.35 Å². The van der Waals surface area contributed by atoms with E-state index in [4.69, 9.17) is 0 Å². The van der Waals surface area contributed by atoms with Crippen molar-refractivity contribution in [1.82, 2.24) is 0 Å². The third-order valence-electron chi connectivity index (χ3n) is 0. The summed E-state index contributed by atoms with van der Waals surface area (Å²) in [5.41, 5.74) is 0. The van der Waals surface area contributed by atoms with Gasteiger partial charge in [0, 0.05) is 0 Å². The molecular weight excluding hydrogens is 189 g/mol. The molecule has 0 rings (SSSR count). The predicted octanol–water partition coefficient (Wildman–Crippen LogP) is 1.83. The van der Waals surface area contributed by atoms with Crippen molar-refractivity contribution in [3.8, 4) is 0 Å². The Bertz CT molecular complexity index is 135. The van der Waals surface area contributed by atoms with Crippen molar-refractivity contribution in [2.75, 3.05) is 0 Å². The van der Waals surface area contributed by atoms with Gasteiger partial charge in [-0.15, -0.1) is 0 Å². The molecule has 0 unspecified atom stereocenters. The fourth-order valence-electron chi connectivity index (χ4n) is 0. The third-order valence-corrected chi connectivity index (χ3v) is 0. The van der Waals surface area contributed by atoms with Crippen molar-refractivity contribution >= 4 is 29.5 Å². The SMILES string of the molecule is [O]=[V](=[O])([Cl])([Cl])[Cl]. The molecule has 6 heteroatoms. The Morgan fingerprint density at radius 2 is 1.00 bits per heavy atom. The second-order valence-corrected chi connectivity index (χ2v) is 12.5. The Morgan fingerprint density at radius 3 is 1.00 bits per heavy atom. The molecule has 0 radical (unpaired) electrons. The van der Waals surface area contributed by atoms with Crippen molar-refractivity contribution in [3.05, 3.63) is 0 Å². The Morgan fingerprint density at radius 1 is 1.00 bits per heavy atom. The molecule has 0 fully saturated rings. The average Bonchev–Trinajstić information content (AvgIpc) is 0.650. The first-order valence-corrected chi connectivity index (χ1v) is 7.78. The predicted molar refractivity (Wildman–Crippen MR) is 18.9 cm³/mol. The van der Waals surface area contributed by atoms with E-state index in [2.05, 4.69) is 29.5 Å². The Kier molecular flexibility index (Phi) is 1.49. The summed E-state index contributed by atoms with van der Waals surface area (Å²) in [6.45, 7) is 0. The Balaban J connectivity index is 4.69. The molecule has 0 aromatic heterocycles. The second-order valence-electron chi connectivity index (χ2n) is 0.680. The molecule has 0 spiro atoms. The van der Waals surface area contributed by atoms with E-state index in [-0.39, 0.29) is 0 Å². The van der Waals surface area contributed by atoms with E-state index >= 15 is 0 Å². The molecule has 0 amide bonds. The quantitative estimate of drug-likeness (QED) is 0.582. The fraction of sp³-hybridized carbons (Fsp3) is 0. The molecule has 6 heavy (non-hydrogen) atoms. The molecule has 0 bridgehead atoms. The van der Waals surface area contributed by atoms with Crippen LogP contribution in [0.25, 0.3) is 0 Å². The minimum absolute atomic E-state index is 4.38. The Hall–Kier alpha value is 1.05. The van der Waals surface area contributed by atoms with Crippen LogP contribution in [0.1, 0.15) is 0 Å². The van der Waals surface area contributed by atoms with Crippen LogP contribution >= 0.6 is 29.5 Å². The number of hydrogen-bond acceptors (Lipinski definition) is 2. The summed E-state index contributed by atoms with van der Waals surface area (Å²) in [6, 6.07) is 0. The van der Waals surface area contributed by atoms with Crippen LogP contribution < -0.4 is 0 Å². The van der Waals surface area contributed by atoms with Gasteiger partial charge < -0.3 is 0 Å². The zero-order valence-corrected chi connectivity index (χ0v) is 6.06. The first-order chi connectivity index (χ1) is 2.24. The summed E-state index contributed by atoms with van der Waals surface area (Å²) in [4.78, 5) is 0. The third kappa shape index (κ3) is 74.7. The first kappa shape index (κ1) is 7.05. The summed E-state index contributed by atoms with van der Waals surface area (Å²) in [5, 5.41) is 0. The topological polar surface area (TPSA) is 34.1 Å². The second kappa shape index (κ2) is 1.27. The van der Waals surface area contributed by atoms with E-state index < -0.39 is 9.91 Å². The van der Waals surface area contributed by atoms with Gasteiger partial charge in [0.25, 0.3) is 0 Å². The standard InChI is InChI=1S/3ClH.2O.V/h3*1H;;;/q;;;;;+3/p-3. The molecule has 0 aliphatic rings. The van der Waals surface area contributed by atoms with Crippen LogP contribution in [0.4, 0.5) is 0 Å². The molecule has 38 valence electrons. The van der Waals surface area contributed by atoms with Crippen LogP contribution in [-0.2, 0) is 17.3 Å². The molecule has 0 atom stereocenters. The van der Waals surface area contributed by atoms with Crippen molar-refractivity contribution in [1.29, 1.82) is 0 Å². The number of hydrogen-bond donors (Lipinski definition) is 0. The van der Waals surface area contributed by atoms with Gasteiger partial charge in [0.05, 0.1) is 0 Å². The molecule has 0 heterocycles. The summed E-state index contributed by atoms with van der Waals surface area (Å²) >= 11 is 0. The van der Waals surface area contributed by atoms with Gasteiger partial charge in [-0.3, -0.25) is 0 Å². The molecule has 0 saturated carbocycles. The zero-order valence-electron chi connectivity index (χ0n) is 2.40. The van der Waals surface area contributed by atoms with Crippen molar-refractivity contribution in [2.24, 2.45) is 0 Å². The monoisotopic (exact) mass is 188 g/mol. The molecular formula is Cl3O2V. The van der Waals surface area contributed by atoms with Gasteiger partial charge in [0.2, 0.25) is 0 Å². The van der Waals surface area contributed by atoms with Crippen LogP contribution in [0, 0.1) is 0 Å². The van der Waals surface area contributed by atoms with Gasteiger partial charge >= 0.3 is 46.8 Å². The molecule has 0 aliphatic carbocycles. The fourth-order valence-corrected chi connectivity index (χ4v) is 0. The summed E-state index contributed by atoms with van der Waals surface area (Å²) < 4.78 is 19.2. The van der Waals surface area contributed by atoms with Gasteiger partial charge in [-0.1, -0.05) is 0 Å². The van der Waals surface area contributed by atoms with Gasteiger partial charge in [-0.25, -0.2) is 0 Å². The minimum atomic E-state index is -5.57. The molecule has 0 N–H and O–H groups in total. The summed E-state index contributed by atoms with van der Waals surface area (Å²) in [6.07, 6.45) is 0. The first-order valence-electron chi connectivity index (χ1n) is 0.872. The van der Waals surface area contributed by atoms with Crippen molar-refractivity contribution in [3.63, 3.8) is 0 Å². The van der Waals surface area contributed by atoms with Gasteiger partial charge in [-0.2, -0.15) is 0 Å². The van der Waals surface area contributed by atoms with Crippen LogP contribution in [0.2, 0.25) is 0 Å². The number of rotatable bonds is 0. The summed E-state index contributed by atoms with van der Waals surface area (Å²) in [7, 11) is 7.58. The van der Waals surface area contributed by atoms with Crippen molar-refractivity contribution in [2.45, 2.75) is 0 Å². The Labute approximate surface area is 46.9 Å². The van der Waals surface area contributed by atoms with Crippen LogP contribution in [0.3, 0.4) is 0 Å². The molecule has 0 aliphatic heterocycles. The molecule has 2 nitrogen and oxygen atoms in total. The van der Waals surface area contributed by atoms with Crippen LogP contribution in [0.5, 0.6) is 0 Å². The maximum atomic E-state index is 9.60. The van der Waals surface area contributed by atoms with Gasteiger partial charge in [0.1, 0.15) is 0 Å². The molecule has 0 aromatic carbocycles. The van der Waals surface area contributed by atoms with Crippen LogP contribution in [-0.4, -0.2) is 0 Å². The van der Waals surface area contributed by atoms with E-state index in [1.807, 2.05) is 0 Å². The van der Waals surface area contributed by atoms with Crippen LogP contribution in [0.15, 0.2) is 0 Å². The molecule has 0 saturated heterocycles. The normalized spacial score (nSPS) is 14.7. The molecule has 0 aromatic rings. The van der Waals surface area contributed by atoms with E-state index in [1.165, 1.54) is 0 Å². The number of halogens is 3. The van der Waals surface area contributed by atoms with Gasteiger partial charge in [0.15, 0.2) is 0 Å². The van der Waals surface area contributed by atoms with Gasteiger partial charge in [-0.05, 0) is 0 Å². The zero-order chi connectivity index (χ0) is 5.45. The summed E-state index contributed by atoms with van der Waals surface area (Å²) in [5.74, 6) is 0. The average molecular weight is 189 g/mol.